The Hall–Kier alpha value is -1.16. The van der Waals surface area contributed by atoms with Crippen molar-refractivity contribution in [1.29, 1.82) is 0 Å². The molecule has 3 saturated carbocycles. The zero-order valence-electron chi connectivity index (χ0n) is 16.0. The van der Waals surface area contributed by atoms with Crippen molar-refractivity contribution in [3.05, 3.63) is 11.6 Å². The standard InChI is InChI=1S/C22H30O4/c1-19-8-5-15(23)13-14(19)3-4-17-16-6-9-21(10-7-18(24)26-21)20(16,2)11-12-22(17,19)25/h13,16-17,25H,3-12H2,1-2H3/t16?,17-,19-,20-,21+,22+/m0/s1. The van der Waals surface area contributed by atoms with Crippen LogP contribution in [-0.4, -0.2) is 28.1 Å². The van der Waals surface area contributed by atoms with Crippen LogP contribution in [-0.2, 0) is 14.3 Å². The Morgan fingerprint density at radius 1 is 0.962 bits per heavy atom. The fraction of sp³-hybridized carbons (Fsp3) is 0.818. The van der Waals surface area contributed by atoms with Crippen LogP contribution in [0.15, 0.2) is 11.6 Å². The molecule has 0 aromatic heterocycles. The average Bonchev–Trinajstić information content (AvgIpc) is 3.11. The van der Waals surface area contributed by atoms with Gasteiger partial charge in [-0.05, 0) is 69.3 Å². The van der Waals surface area contributed by atoms with Crippen LogP contribution in [0.1, 0.15) is 78.1 Å². The van der Waals surface area contributed by atoms with Crippen molar-refractivity contribution in [3.8, 4) is 0 Å². The van der Waals surface area contributed by atoms with Gasteiger partial charge in [0.05, 0.1) is 5.60 Å². The molecule has 142 valence electrons. The van der Waals surface area contributed by atoms with Crippen LogP contribution >= 0.6 is 0 Å². The number of fused-ring (bicyclic) bond motifs is 6. The predicted molar refractivity (Wildman–Crippen MR) is 96.2 cm³/mol. The fourth-order valence-corrected chi connectivity index (χ4v) is 7.80. The molecule has 1 unspecified atom stereocenters. The van der Waals surface area contributed by atoms with E-state index in [1.54, 1.807) is 0 Å². The molecule has 1 aliphatic heterocycles. The third-order valence-corrected chi connectivity index (χ3v) is 9.48. The quantitative estimate of drug-likeness (QED) is 0.671. The first kappa shape index (κ1) is 17.0. The minimum absolute atomic E-state index is 0.0158. The Morgan fingerprint density at radius 2 is 1.77 bits per heavy atom. The Labute approximate surface area is 155 Å². The Kier molecular flexibility index (Phi) is 3.27. The van der Waals surface area contributed by atoms with E-state index in [9.17, 15) is 14.7 Å². The van der Waals surface area contributed by atoms with Gasteiger partial charge in [0.2, 0.25) is 0 Å². The molecule has 0 aromatic rings. The molecule has 1 heterocycles. The first-order valence-electron chi connectivity index (χ1n) is 10.4. The van der Waals surface area contributed by atoms with Gasteiger partial charge in [-0.1, -0.05) is 19.4 Å². The highest BCUT2D eigenvalue weighted by Crippen LogP contribution is 2.70. The molecule has 4 aliphatic carbocycles. The van der Waals surface area contributed by atoms with Gasteiger partial charge in [0.1, 0.15) is 5.60 Å². The molecule has 26 heavy (non-hydrogen) atoms. The van der Waals surface area contributed by atoms with E-state index in [2.05, 4.69) is 13.8 Å². The molecule has 5 rings (SSSR count). The fourth-order valence-electron chi connectivity index (χ4n) is 7.80. The van der Waals surface area contributed by atoms with Gasteiger partial charge in [0.25, 0.3) is 0 Å². The molecule has 4 heteroatoms. The van der Waals surface area contributed by atoms with Crippen LogP contribution in [0.5, 0.6) is 0 Å². The highest BCUT2D eigenvalue weighted by molar-refractivity contribution is 5.91. The van der Waals surface area contributed by atoms with Crippen LogP contribution < -0.4 is 0 Å². The highest BCUT2D eigenvalue weighted by Gasteiger charge is 2.70. The summed E-state index contributed by atoms with van der Waals surface area (Å²) >= 11 is 0. The molecule has 1 saturated heterocycles. The van der Waals surface area contributed by atoms with Gasteiger partial charge >= 0.3 is 5.97 Å². The monoisotopic (exact) mass is 358 g/mol. The second-order valence-electron chi connectivity index (χ2n) is 10.1. The van der Waals surface area contributed by atoms with Crippen LogP contribution in [0, 0.1) is 22.7 Å². The second-order valence-corrected chi connectivity index (χ2v) is 10.1. The summed E-state index contributed by atoms with van der Waals surface area (Å²) in [6.45, 7) is 4.52. The summed E-state index contributed by atoms with van der Waals surface area (Å²) < 4.78 is 5.96. The second kappa shape index (κ2) is 5.01. The van der Waals surface area contributed by atoms with Crippen molar-refractivity contribution >= 4 is 11.8 Å². The van der Waals surface area contributed by atoms with E-state index < -0.39 is 5.60 Å². The summed E-state index contributed by atoms with van der Waals surface area (Å²) in [5.41, 5.74) is -0.131. The third kappa shape index (κ3) is 1.80. The number of aliphatic hydroxyl groups is 1. The molecule has 0 bridgehead atoms. The molecule has 1 N–H and O–H groups in total. The van der Waals surface area contributed by atoms with Crippen LogP contribution in [0.4, 0.5) is 0 Å². The molecule has 1 spiro atoms. The van der Waals surface area contributed by atoms with Gasteiger partial charge in [-0.2, -0.15) is 0 Å². The summed E-state index contributed by atoms with van der Waals surface area (Å²) in [5.74, 6) is 0.829. The zero-order valence-corrected chi connectivity index (χ0v) is 16.0. The molecule has 0 radical (unpaired) electrons. The Bertz CT molecular complexity index is 726. The van der Waals surface area contributed by atoms with E-state index in [0.29, 0.717) is 18.8 Å². The molecule has 6 atom stereocenters. The molecular formula is C22H30O4. The van der Waals surface area contributed by atoms with Gasteiger partial charge in [-0.25, -0.2) is 0 Å². The molecule has 5 aliphatic rings. The smallest absolute Gasteiger partial charge is 0.306 e. The topological polar surface area (TPSA) is 63.6 Å². The summed E-state index contributed by atoms with van der Waals surface area (Å²) in [6.07, 6.45) is 10.1. The van der Waals surface area contributed by atoms with Crippen molar-refractivity contribution in [3.63, 3.8) is 0 Å². The van der Waals surface area contributed by atoms with Crippen LogP contribution in [0.2, 0.25) is 0 Å². The lowest BCUT2D eigenvalue weighted by molar-refractivity contribution is -0.212. The maximum absolute atomic E-state index is 12.0. The summed E-state index contributed by atoms with van der Waals surface area (Å²) in [6, 6.07) is 0. The van der Waals surface area contributed by atoms with Crippen molar-refractivity contribution in [2.24, 2.45) is 22.7 Å². The van der Waals surface area contributed by atoms with Crippen molar-refractivity contribution < 1.29 is 19.4 Å². The lowest BCUT2D eigenvalue weighted by atomic mass is 9.44. The van der Waals surface area contributed by atoms with Gasteiger partial charge in [-0.3, -0.25) is 9.59 Å². The molecular weight excluding hydrogens is 328 g/mol. The summed E-state index contributed by atoms with van der Waals surface area (Å²) in [5, 5.41) is 12.0. The van der Waals surface area contributed by atoms with Crippen molar-refractivity contribution in [2.75, 3.05) is 0 Å². The Morgan fingerprint density at radius 3 is 2.50 bits per heavy atom. The van der Waals surface area contributed by atoms with E-state index >= 15 is 0 Å². The molecule has 4 nitrogen and oxygen atoms in total. The van der Waals surface area contributed by atoms with E-state index in [0.717, 1.165) is 51.4 Å². The number of ether oxygens (including phenoxy) is 1. The number of carbonyl (C=O) groups is 2. The van der Waals surface area contributed by atoms with E-state index in [1.807, 2.05) is 6.08 Å². The summed E-state index contributed by atoms with van der Waals surface area (Å²) in [7, 11) is 0. The average molecular weight is 358 g/mol. The largest absolute Gasteiger partial charge is 0.458 e. The number of hydrogen-bond donors (Lipinski definition) is 1. The Balaban J connectivity index is 1.54. The van der Waals surface area contributed by atoms with Gasteiger partial charge in [0.15, 0.2) is 5.78 Å². The highest BCUT2D eigenvalue weighted by atomic mass is 16.6. The molecule has 4 fully saturated rings. The minimum atomic E-state index is -0.726. The van der Waals surface area contributed by atoms with Crippen molar-refractivity contribution in [1.82, 2.24) is 0 Å². The van der Waals surface area contributed by atoms with Gasteiger partial charge in [0, 0.05) is 23.7 Å². The number of esters is 1. The van der Waals surface area contributed by atoms with E-state index in [-0.39, 0.29) is 34.1 Å². The number of rotatable bonds is 0. The third-order valence-electron chi connectivity index (χ3n) is 9.48. The van der Waals surface area contributed by atoms with Crippen molar-refractivity contribution in [2.45, 2.75) is 89.3 Å². The predicted octanol–water partition coefficient (Wildman–Crippen LogP) is 3.71. The molecule has 0 amide bonds. The van der Waals surface area contributed by atoms with Crippen LogP contribution in [0.25, 0.3) is 0 Å². The van der Waals surface area contributed by atoms with Gasteiger partial charge < -0.3 is 9.84 Å². The zero-order chi connectivity index (χ0) is 18.4. The summed E-state index contributed by atoms with van der Waals surface area (Å²) in [4.78, 5) is 23.9. The van der Waals surface area contributed by atoms with E-state index in [1.165, 1.54) is 5.57 Å². The lowest BCUT2D eigenvalue weighted by Crippen LogP contribution is -2.64. The maximum Gasteiger partial charge on any atom is 0.306 e. The number of ketones is 1. The SMILES string of the molecule is C[C@]12CCC(=O)C=C1CC[C@H]1C3CC[C@@]4(CCC(=O)O4)[C@@]3(C)CC[C@@]12O. The molecule has 0 aromatic carbocycles. The minimum Gasteiger partial charge on any atom is -0.458 e. The lowest BCUT2D eigenvalue weighted by Gasteiger charge is -2.63. The van der Waals surface area contributed by atoms with Crippen LogP contribution in [0.3, 0.4) is 0 Å². The maximum atomic E-state index is 12.0. The number of hydrogen-bond acceptors (Lipinski definition) is 4. The first-order chi connectivity index (χ1) is 12.2. The number of carbonyl (C=O) groups excluding carboxylic acids is 2. The van der Waals surface area contributed by atoms with E-state index in [4.69, 9.17) is 4.74 Å². The first-order valence-corrected chi connectivity index (χ1v) is 10.4. The van der Waals surface area contributed by atoms with Gasteiger partial charge in [-0.15, -0.1) is 0 Å². The normalized spacial score (nSPS) is 53.0.